The molecule has 31 heavy (non-hydrogen) atoms. The van der Waals surface area contributed by atoms with Crippen molar-refractivity contribution >= 4 is 24.7 Å². The van der Waals surface area contributed by atoms with Gasteiger partial charge in [0.2, 0.25) is 0 Å². The molecule has 0 spiro atoms. The van der Waals surface area contributed by atoms with Crippen molar-refractivity contribution in [1.82, 2.24) is 0 Å². The third kappa shape index (κ3) is 5.52. The van der Waals surface area contributed by atoms with Gasteiger partial charge in [0, 0.05) is 0 Å². The van der Waals surface area contributed by atoms with Crippen molar-refractivity contribution in [2.24, 2.45) is 0 Å². The van der Waals surface area contributed by atoms with Crippen LogP contribution in [0.25, 0.3) is 0 Å². The van der Waals surface area contributed by atoms with E-state index in [1.54, 1.807) is 0 Å². The molecule has 3 nitrogen and oxygen atoms in total. The summed E-state index contributed by atoms with van der Waals surface area (Å²) in [6, 6.07) is 30.7. The highest BCUT2D eigenvalue weighted by Gasteiger charge is 2.51. The highest BCUT2D eigenvalue weighted by molar-refractivity contribution is 6.99. The Bertz CT molecular complexity index is 911. The first-order chi connectivity index (χ1) is 14.8. The zero-order chi connectivity index (χ0) is 22.3. The zero-order valence-corrected chi connectivity index (χ0v) is 19.9. The van der Waals surface area contributed by atoms with Gasteiger partial charge in [-0.2, -0.15) is 0 Å². The van der Waals surface area contributed by atoms with Gasteiger partial charge >= 0.3 is 5.97 Å². The summed E-state index contributed by atoms with van der Waals surface area (Å²) in [5.41, 5.74) is 0.983. The molecule has 4 heteroatoms. The molecule has 3 aromatic rings. The van der Waals surface area contributed by atoms with E-state index in [0.29, 0.717) is 0 Å². The molecule has 0 saturated carbocycles. The maximum absolute atomic E-state index is 12.5. The van der Waals surface area contributed by atoms with Crippen molar-refractivity contribution in [3.8, 4) is 0 Å². The molecule has 0 fully saturated rings. The van der Waals surface area contributed by atoms with Crippen LogP contribution in [0.3, 0.4) is 0 Å². The smallest absolute Gasteiger partial charge is 0.308 e. The predicted octanol–water partition coefficient (Wildman–Crippen LogP) is 5.09. The van der Waals surface area contributed by atoms with Gasteiger partial charge in [-0.25, -0.2) is 0 Å². The molecular weight excluding hydrogens is 400 g/mol. The fraction of sp³-hybridized carbons (Fsp3) is 0.296. The largest absolute Gasteiger partial charge is 0.461 e. The van der Waals surface area contributed by atoms with Crippen molar-refractivity contribution in [2.45, 2.75) is 51.9 Å². The number of hydrogen-bond donors (Lipinski definition) is 0. The van der Waals surface area contributed by atoms with Crippen molar-refractivity contribution in [2.75, 3.05) is 0 Å². The number of benzene rings is 3. The molecule has 0 aliphatic rings. The van der Waals surface area contributed by atoms with E-state index in [9.17, 15) is 4.79 Å². The third-order valence-corrected chi connectivity index (χ3v) is 10.7. The second-order valence-electron chi connectivity index (χ2n) is 8.94. The topological polar surface area (TPSA) is 35.5 Å². The van der Waals surface area contributed by atoms with Gasteiger partial charge in [0.1, 0.15) is 6.61 Å². The maximum atomic E-state index is 12.5. The first-order valence-electron chi connectivity index (χ1n) is 10.8. The van der Waals surface area contributed by atoms with Crippen LogP contribution in [0.2, 0.25) is 5.04 Å². The van der Waals surface area contributed by atoms with Crippen LogP contribution in [0.4, 0.5) is 0 Å². The SMILES string of the molecule is C[C@H](CC(=O)OCc1ccccc1)O[Si](c1ccccc1)(c1ccccc1)C(C)(C)C. The quantitative estimate of drug-likeness (QED) is 0.368. The summed E-state index contributed by atoms with van der Waals surface area (Å²) in [6.45, 7) is 8.97. The van der Waals surface area contributed by atoms with Crippen LogP contribution in [0.1, 0.15) is 39.7 Å². The maximum Gasteiger partial charge on any atom is 0.308 e. The molecule has 0 amide bonds. The second kappa shape index (κ2) is 10.1. The normalized spacial score (nSPS) is 12.9. The molecule has 3 aromatic carbocycles. The van der Waals surface area contributed by atoms with Crippen molar-refractivity contribution < 1.29 is 14.0 Å². The lowest BCUT2D eigenvalue weighted by Gasteiger charge is -2.44. The molecule has 1 atom stereocenters. The highest BCUT2D eigenvalue weighted by Crippen LogP contribution is 2.37. The van der Waals surface area contributed by atoms with Gasteiger partial charge in [0.25, 0.3) is 8.32 Å². The second-order valence-corrected chi connectivity index (χ2v) is 13.2. The molecule has 0 aliphatic carbocycles. The van der Waals surface area contributed by atoms with Gasteiger partial charge in [-0.1, -0.05) is 112 Å². The monoisotopic (exact) mass is 432 g/mol. The Balaban J connectivity index is 1.84. The van der Waals surface area contributed by atoms with E-state index in [2.05, 4.69) is 69.3 Å². The summed E-state index contributed by atoms with van der Waals surface area (Å²) in [6.07, 6.45) is -0.0493. The summed E-state index contributed by atoms with van der Waals surface area (Å²) in [5.74, 6) is -0.241. The van der Waals surface area contributed by atoms with E-state index >= 15 is 0 Å². The lowest BCUT2D eigenvalue weighted by Crippen LogP contribution is -2.67. The molecule has 162 valence electrons. The molecule has 0 heterocycles. The van der Waals surface area contributed by atoms with E-state index in [1.165, 1.54) is 10.4 Å². The number of rotatable bonds is 8. The molecule has 0 saturated heterocycles. The van der Waals surface area contributed by atoms with Gasteiger partial charge in [0.15, 0.2) is 0 Å². The van der Waals surface area contributed by atoms with Gasteiger partial charge in [0.05, 0.1) is 12.5 Å². The van der Waals surface area contributed by atoms with E-state index < -0.39 is 8.32 Å². The van der Waals surface area contributed by atoms with Crippen molar-refractivity contribution in [3.63, 3.8) is 0 Å². The van der Waals surface area contributed by atoms with E-state index in [-0.39, 0.29) is 30.1 Å². The van der Waals surface area contributed by atoms with Crippen LogP contribution in [-0.2, 0) is 20.6 Å². The number of ether oxygens (including phenoxy) is 1. The summed E-state index contributed by atoms with van der Waals surface area (Å²) < 4.78 is 12.4. The minimum Gasteiger partial charge on any atom is -0.461 e. The molecule has 0 radical (unpaired) electrons. The fourth-order valence-electron chi connectivity index (χ4n) is 4.07. The fourth-order valence-corrected chi connectivity index (χ4v) is 8.77. The molecule has 0 aliphatic heterocycles. The van der Waals surface area contributed by atoms with E-state index in [4.69, 9.17) is 9.16 Å². The first-order valence-corrected chi connectivity index (χ1v) is 12.7. The Morgan fingerprint density at radius 1 is 0.806 bits per heavy atom. The molecule has 0 N–H and O–H groups in total. The summed E-state index contributed by atoms with van der Waals surface area (Å²) >= 11 is 0. The average Bonchev–Trinajstić information content (AvgIpc) is 2.77. The van der Waals surface area contributed by atoms with Crippen LogP contribution in [0.5, 0.6) is 0 Å². The van der Waals surface area contributed by atoms with E-state index in [1.807, 2.05) is 49.4 Å². The van der Waals surface area contributed by atoms with Crippen LogP contribution in [-0.4, -0.2) is 20.4 Å². The molecular formula is C27H32O3Si. The van der Waals surface area contributed by atoms with Gasteiger partial charge in [-0.05, 0) is 27.9 Å². The van der Waals surface area contributed by atoms with Gasteiger partial charge in [-0.3, -0.25) is 4.79 Å². The number of carbonyl (C=O) groups excluding carboxylic acids is 1. The molecule has 0 unspecified atom stereocenters. The molecule has 0 aromatic heterocycles. The minimum absolute atomic E-state index is 0.127. The van der Waals surface area contributed by atoms with Crippen molar-refractivity contribution in [1.29, 1.82) is 0 Å². The third-order valence-electron chi connectivity index (χ3n) is 5.49. The van der Waals surface area contributed by atoms with Gasteiger partial charge in [-0.15, -0.1) is 0 Å². The number of esters is 1. The number of carbonyl (C=O) groups is 1. The van der Waals surface area contributed by atoms with Gasteiger partial charge < -0.3 is 9.16 Å². The Morgan fingerprint density at radius 3 is 1.71 bits per heavy atom. The molecule has 3 rings (SSSR count). The van der Waals surface area contributed by atoms with Crippen LogP contribution in [0, 0.1) is 0 Å². The summed E-state index contributed by atoms with van der Waals surface area (Å²) in [7, 11) is -2.67. The van der Waals surface area contributed by atoms with Crippen LogP contribution in [0.15, 0.2) is 91.0 Å². The Labute approximate surface area is 187 Å². The Kier molecular flexibility index (Phi) is 7.47. The average molecular weight is 433 g/mol. The summed E-state index contributed by atoms with van der Waals surface area (Å²) in [4.78, 5) is 12.5. The predicted molar refractivity (Wildman–Crippen MR) is 129 cm³/mol. The summed E-state index contributed by atoms with van der Waals surface area (Å²) in [5, 5.41) is 2.29. The minimum atomic E-state index is -2.67. The first kappa shape index (κ1) is 23.0. The Morgan fingerprint density at radius 2 is 1.26 bits per heavy atom. The Hall–Kier alpha value is -2.69. The van der Waals surface area contributed by atoms with Crippen molar-refractivity contribution in [3.05, 3.63) is 96.6 Å². The highest BCUT2D eigenvalue weighted by atomic mass is 28.4. The van der Waals surface area contributed by atoms with Crippen LogP contribution < -0.4 is 10.4 Å². The zero-order valence-electron chi connectivity index (χ0n) is 18.9. The number of hydrogen-bond acceptors (Lipinski definition) is 3. The van der Waals surface area contributed by atoms with E-state index in [0.717, 1.165) is 5.56 Å². The van der Waals surface area contributed by atoms with Crippen LogP contribution >= 0.6 is 0 Å². The standard InChI is InChI=1S/C27H32O3Si/c1-22(20-26(28)29-21-23-14-8-5-9-15-23)30-31(27(2,3)4,24-16-10-6-11-17-24)25-18-12-7-13-19-25/h5-19,22H,20-21H2,1-4H3/t22-/m1/s1. The lowest BCUT2D eigenvalue weighted by atomic mass is 10.2. The molecule has 0 bridgehead atoms. The lowest BCUT2D eigenvalue weighted by molar-refractivity contribution is -0.146.